The Morgan fingerprint density at radius 2 is 2.09 bits per heavy atom. The predicted molar refractivity (Wildman–Crippen MR) is 84.7 cm³/mol. The van der Waals surface area contributed by atoms with E-state index in [-0.39, 0.29) is 35.3 Å². The van der Waals surface area contributed by atoms with Crippen LogP contribution in [-0.2, 0) is 0 Å². The van der Waals surface area contributed by atoms with Gasteiger partial charge in [-0.2, -0.15) is 0 Å². The number of amides is 1. The second kappa shape index (κ2) is 7.50. The molecule has 23 heavy (non-hydrogen) atoms. The number of aryl methyl sites for hydroxylation is 1. The molecule has 1 saturated carbocycles. The lowest BCUT2D eigenvalue weighted by Crippen LogP contribution is -2.46. The molecule has 126 valence electrons. The molecule has 0 spiro atoms. The molecule has 1 atom stereocenters. The fourth-order valence-electron chi connectivity index (χ4n) is 3.30. The van der Waals surface area contributed by atoms with E-state index < -0.39 is 16.6 Å². The molecule has 1 aliphatic carbocycles. The van der Waals surface area contributed by atoms with Crippen molar-refractivity contribution in [3.05, 3.63) is 39.2 Å². The topological polar surface area (TPSA) is 98.3 Å². The van der Waals surface area contributed by atoms with Gasteiger partial charge < -0.3 is 11.1 Å². The van der Waals surface area contributed by atoms with Crippen LogP contribution in [0.5, 0.6) is 0 Å². The standard InChI is InChI=1S/C16H22FN3O3/c1-10-7-12(17)8-13(15(10)20(22)23)16(21)19-14(9-18)11-5-3-2-4-6-11/h7-8,11,14H,2-6,9,18H2,1H3,(H,19,21). The Labute approximate surface area is 134 Å². The zero-order valence-corrected chi connectivity index (χ0v) is 13.2. The summed E-state index contributed by atoms with van der Waals surface area (Å²) in [6.45, 7) is 1.68. The molecule has 0 bridgehead atoms. The zero-order valence-electron chi connectivity index (χ0n) is 13.2. The molecule has 0 heterocycles. The van der Waals surface area contributed by atoms with Crippen molar-refractivity contribution in [1.29, 1.82) is 0 Å². The maximum absolute atomic E-state index is 13.6. The van der Waals surface area contributed by atoms with Crippen LogP contribution in [0.2, 0.25) is 0 Å². The van der Waals surface area contributed by atoms with Crippen LogP contribution in [-0.4, -0.2) is 23.4 Å². The number of carbonyl (C=O) groups excluding carboxylic acids is 1. The van der Waals surface area contributed by atoms with Crippen LogP contribution in [0, 0.1) is 28.8 Å². The highest BCUT2D eigenvalue weighted by Crippen LogP contribution is 2.28. The summed E-state index contributed by atoms with van der Waals surface area (Å²) in [5.41, 5.74) is 5.29. The number of nitrogens with one attached hydrogen (secondary N) is 1. The fourth-order valence-corrected chi connectivity index (χ4v) is 3.30. The molecule has 0 saturated heterocycles. The number of nitro groups is 1. The van der Waals surface area contributed by atoms with Crippen molar-refractivity contribution in [2.24, 2.45) is 11.7 Å². The van der Waals surface area contributed by atoms with Gasteiger partial charge in [0.1, 0.15) is 11.4 Å². The Morgan fingerprint density at radius 3 is 2.65 bits per heavy atom. The molecule has 6 nitrogen and oxygen atoms in total. The van der Waals surface area contributed by atoms with E-state index in [0.29, 0.717) is 0 Å². The average Bonchev–Trinajstić information content (AvgIpc) is 2.51. The molecule has 3 N–H and O–H groups in total. The third-order valence-electron chi connectivity index (χ3n) is 4.48. The van der Waals surface area contributed by atoms with Crippen molar-refractivity contribution >= 4 is 11.6 Å². The molecule has 1 aromatic rings. The predicted octanol–water partition coefficient (Wildman–Crippen LogP) is 2.68. The minimum atomic E-state index is -0.666. The fraction of sp³-hybridized carbons (Fsp3) is 0.562. The van der Waals surface area contributed by atoms with E-state index >= 15 is 0 Å². The number of carbonyl (C=O) groups is 1. The summed E-state index contributed by atoms with van der Waals surface area (Å²) in [5, 5.41) is 14.0. The number of halogens is 1. The molecule has 0 aromatic heterocycles. The van der Waals surface area contributed by atoms with Gasteiger partial charge in [0, 0.05) is 18.2 Å². The summed E-state index contributed by atoms with van der Waals surface area (Å²) in [5.74, 6) is -1.04. The lowest BCUT2D eigenvalue weighted by Gasteiger charge is -2.30. The number of nitro benzene ring substituents is 1. The van der Waals surface area contributed by atoms with Gasteiger partial charge >= 0.3 is 0 Å². The Hall–Kier alpha value is -2.02. The van der Waals surface area contributed by atoms with Gasteiger partial charge in [-0.25, -0.2) is 4.39 Å². The Balaban J connectivity index is 2.23. The summed E-state index contributed by atoms with van der Waals surface area (Å²) in [6, 6.07) is 1.72. The number of nitrogens with two attached hydrogens (primary N) is 1. The largest absolute Gasteiger partial charge is 0.348 e. The van der Waals surface area contributed by atoms with Gasteiger partial charge in [-0.1, -0.05) is 19.3 Å². The highest BCUT2D eigenvalue weighted by Gasteiger charge is 2.28. The van der Waals surface area contributed by atoms with Gasteiger partial charge in [-0.15, -0.1) is 0 Å². The Bertz CT molecular complexity index is 600. The first kappa shape index (κ1) is 17.3. The third kappa shape index (κ3) is 4.04. The quantitative estimate of drug-likeness (QED) is 0.643. The van der Waals surface area contributed by atoms with E-state index in [1.54, 1.807) is 0 Å². The summed E-state index contributed by atoms with van der Waals surface area (Å²) in [4.78, 5) is 23.0. The molecule has 1 fully saturated rings. The van der Waals surface area contributed by atoms with Crippen molar-refractivity contribution in [1.82, 2.24) is 5.32 Å². The van der Waals surface area contributed by atoms with Crippen LogP contribution in [0.1, 0.15) is 48.0 Å². The summed E-state index contributed by atoms with van der Waals surface area (Å²) in [7, 11) is 0. The van der Waals surface area contributed by atoms with Crippen LogP contribution in [0.4, 0.5) is 10.1 Å². The van der Waals surface area contributed by atoms with Crippen LogP contribution in [0.25, 0.3) is 0 Å². The smallest absolute Gasteiger partial charge is 0.285 e. The molecular weight excluding hydrogens is 301 g/mol. The SMILES string of the molecule is Cc1cc(F)cc(C(=O)NC(CN)C2CCCCC2)c1[N+](=O)[O-]. The number of benzene rings is 1. The van der Waals surface area contributed by atoms with Crippen molar-refractivity contribution < 1.29 is 14.1 Å². The van der Waals surface area contributed by atoms with Gasteiger partial charge in [0.05, 0.1) is 4.92 Å². The maximum atomic E-state index is 13.6. The minimum absolute atomic E-state index is 0.127. The van der Waals surface area contributed by atoms with Gasteiger partial charge in [0.25, 0.3) is 11.6 Å². The summed E-state index contributed by atoms with van der Waals surface area (Å²) < 4.78 is 13.6. The molecule has 2 rings (SSSR count). The average molecular weight is 323 g/mol. The van der Waals surface area contributed by atoms with Gasteiger partial charge in [0.15, 0.2) is 0 Å². The Morgan fingerprint density at radius 1 is 1.43 bits per heavy atom. The first-order chi connectivity index (χ1) is 10.9. The molecule has 7 heteroatoms. The first-order valence-electron chi connectivity index (χ1n) is 7.89. The molecule has 1 amide bonds. The van der Waals surface area contributed by atoms with E-state index in [9.17, 15) is 19.3 Å². The maximum Gasteiger partial charge on any atom is 0.285 e. The van der Waals surface area contributed by atoms with Crippen molar-refractivity contribution in [3.8, 4) is 0 Å². The molecule has 1 unspecified atom stereocenters. The van der Waals surface area contributed by atoms with Crippen molar-refractivity contribution in [3.63, 3.8) is 0 Å². The van der Waals surface area contributed by atoms with E-state index in [2.05, 4.69) is 5.32 Å². The number of nitrogens with zero attached hydrogens (tertiary/aromatic N) is 1. The highest BCUT2D eigenvalue weighted by atomic mass is 19.1. The normalized spacial score (nSPS) is 16.8. The van der Waals surface area contributed by atoms with E-state index in [0.717, 1.165) is 37.8 Å². The molecule has 0 aliphatic heterocycles. The van der Waals surface area contributed by atoms with E-state index in [1.807, 2.05) is 0 Å². The molecule has 1 aliphatic rings. The number of hydrogen-bond acceptors (Lipinski definition) is 4. The van der Waals surface area contributed by atoms with Crippen LogP contribution in [0.15, 0.2) is 12.1 Å². The van der Waals surface area contributed by atoms with Gasteiger partial charge in [-0.3, -0.25) is 14.9 Å². The second-order valence-electron chi connectivity index (χ2n) is 6.09. The van der Waals surface area contributed by atoms with Crippen molar-refractivity contribution in [2.75, 3.05) is 6.54 Å². The lowest BCUT2D eigenvalue weighted by atomic mass is 9.83. The van der Waals surface area contributed by atoms with Gasteiger partial charge in [-0.05, 0) is 37.8 Å². The zero-order chi connectivity index (χ0) is 17.0. The van der Waals surface area contributed by atoms with Crippen LogP contribution >= 0.6 is 0 Å². The molecule has 1 aromatic carbocycles. The number of rotatable bonds is 5. The first-order valence-corrected chi connectivity index (χ1v) is 7.89. The second-order valence-corrected chi connectivity index (χ2v) is 6.09. The Kier molecular flexibility index (Phi) is 5.65. The lowest BCUT2D eigenvalue weighted by molar-refractivity contribution is -0.385. The minimum Gasteiger partial charge on any atom is -0.348 e. The summed E-state index contributed by atoms with van der Waals surface area (Å²) >= 11 is 0. The van der Waals surface area contributed by atoms with Crippen LogP contribution in [0.3, 0.4) is 0 Å². The van der Waals surface area contributed by atoms with E-state index in [1.165, 1.54) is 13.3 Å². The monoisotopic (exact) mass is 323 g/mol. The highest BCUT2D eigenvalue weighted by molar-refractivity contribution is 5.98. The van der Waals surface area contributed by atoms with Gasteiger partial charge in [0.2, 0.25) is 0 Å². The molecular formula is C16H22FN3O3. The van der Waals surface area contributed by atoms with Crippen LogP contribution < -0.4 is 11.1 Å². The van der Waals surface area contributed by atoms with Crippen molar-refractivity contribution in [2.45, 2.75) is 45.1 Å². The molecule has 0 radical (unpaired) electrons. The van der Waals surface area contributed by atoms with E-state index in [4.69, 9.17) is 5.73 Å². The number of hydrogen-bond donors (Lipinski definition) is 2. The summed E-state index contributed by atoms with van der Waals surface area (Å²) in [6.07, 6.45) is 5.32. The third-order valence-corrected chi connectivity index (χ3v) is 4.48.